The van der Waals surface area contributed by atoms with Gasteiger partial charge in [0.25, 0.3) is 5.91 Å². The number of aliphatic hydroxyl groups excluding tert-OH is 1. The van der Waals surface area contributed by atoms with Crippen LogP contribution in [-0.4, -0.2) is 29.3 Å². The summed E-state index contributed by atoms with van der Waals surface area (Å²) in [6.45, 7) is -0.367. The molecule has 0 bridgehead atoms. The van der Waals surface area contributed by atoms with Gasteiger partial charge in [0.15, 0.2) is 11.6 Å². The summed E-state index contributed by atoms with van der Waals surface area (Å²) in [6.07, 6.45) is 2.92. The Bertz CT molecular complexity index is 1170. The number of carbonyl (C=O) groups is 1. The molecule has 1 amide bonds. The molecule has 2 N–H and O–H groups in total. The number of halogens is 2. The third-order valence-electron chi connectivity index (χ3n) is 5.24. The van der Waals surface area contributed by atoms with E-state index in [9.17, 15) is 23.5 Å². The average Bonchev–Trinajstić information content (AvgIpc) is 3.59. The van der Waals surface area contributed by atoms with Gasteiger partial charge < -0.3 is 19.7 Å². The molecule has 1 saturated carbocycles. The molecule has 0 aliphatic heterocycles. The highest BCUT2D eigenvalue weighted by atomic mass is 19.2. The van der Waals surface area contributed by atoms with E-state index in [0.717, 1.165) is 18.9 Å². The van der Waals surface area contributed by atoms with Crippen molar-refractivity contribution >= 4 is 16.8 Å². The number of nitrogens with zero attached hydrogens (tertiary/aromatic N) is 1. The van der Waals surface area contributed by atoms with Crippen LogP contribution in [0.15, 0.2) is 47.4 Å². The number of methoxy groups -OCH3 is 1. The second-order valence-electron chi connectivity index (χ2n) is 7.23. The number of hydrogen-bond acceptors (Lipinski definition) is 4. The Morgan fingerprint density at radius 3 is 2.60 bits per heavy atom. The molecule has 30 heavy (non-hydrogen) atoms. The largest absolute Gasteiger partial charge is 0.491 e. The van der Waals surface area contributed by atoms with E-state index in [2.05, 4.69) is 5.32 Å². The third-order valence-corrected chi connectivity index (χ3v) is 5.24. The molecule has 1 aliphatic carbocycles. The molecular weight excluding hydrogens is 394 g/mol. The number of rotatable bonds is 6. The van der Waals surface area contributed by atoms with E-state index in [1.54, 1.807) is 34.9 Å². The fourth-order valence-electron chi connectivity index (χ4n) is 3.57. The van der Waals surface area contributed by atoms with Crippen LogP contribution in [0.2, 0.25) is 0 Å². The lowest BCUT2D eigenvalue weighted by Crippen LogP contribution is -2.34. The number of aliphatic hydroxyl groups is 1. The lowest BCUT2D eigenvalue weighted by atomic mass is 10.1. The molecular formula is C22H20F2N2O4. The van der Waals surface area contributed by atoms with Crippen LogP contribution in [0.3, 0.4) is 0 Å². The van der Waals surface area contributed by atoms with Gasteiger partial charge in [0.2, 0.25) is 11.2 Å². The summed E-state index contributed by atoms with van der Waals surface area (Å²) in [7, 11) is 1.20. The van der Waals surface area contributed by atoms with E-state index in [1.165, 1.54) is 13.3 Å². The van der Waals surface area contributed by atoms with E-state index >= 15 is 0 Å². The zero-order chi connectivity index (χ0) is 21.4. The van der Waals surface area contributed by atoms with E-state index in [-0.39, 0.29) is 34.9 Å². The van der Waals surface area contributed by atoms with Gasteiger partial charge in [-0.1, -0.05) is 30.3 Å². The van der Waals surface area contributed by atoms with E-state index in [1.807, 2.05) is 0 Å². The lowest BCUT2D eigenvalue weighted by Gasteiger charge is -2.19. The molecule has 156 valence electrons. The minimum absolute atomic E-state index is 0.0406. The summed E-state index contributed by atoms with van der Waals surface area (Å²) in [6, 6.07) is 8.86. The quantitative estimate of drug-likeness (QED) is 0.650. The van der Waals surface area contributed by atoms with Crippen LogP contribution in [-0.2, 0) is 0 Å². The number of amides is 1. The summed E-state index contributed by atoms with van der Waals surface area (Å²) in [5, 5.41) is 12.2. The van der Waals surface area contributed by atoms with Crippen LogP contribution < -0.4 is 15.5 Å². The molecule has 6 nitrogen and oxygen atoms in total. The van der Waals surface area contributed by atoms with Gasteiger partial charge in [-0.05, 0) is 24.5 Å². The molecule has 1 fully saturated rings. The van der Waals surface area contributed by atoms with E-state index in [4.69, 9.17) is 4.74 Å². The third kappa shape index (κ3) is 3.43. The number of carbonyl (C=O) groups excluding carboxylic acids is 1. The van der Waals surface area contributed by atoms with Crippen LogP contribution in [0.4, 0.5) is 8.78 Å². The van der Waals surface area contributed by atoms with Crippen molar-refractivity contribution in [1.29, 1.82) is 0 Å². The predicted octanol–water partition coefficient (Wildman–Crippen LogP) is 3.09. The molecule has 4 rings (SSSR count). The Labute approximate surface area is 170 Å². The van der Waals surface area contributed by atoms with Crippen molar-refractivity contribution in [3.63, 3.8) is 0 Å². The average molecular weight is 414 g/mol. The summed E-state index contributed by atoms with van der Waals surface area (Å²) in [4.78, 5) is 25.9. The number of benzene rings is 2. The molecule has 1 atom stereocenters. The van der Waals surface area contributed by atoms with E-state index < -0.39 is 29.0 Å². The highest BCUT2D eigenvalue weighted by Gasteiger charge is 2.30. The van der Waals surface area contributed by atoms with Gasteiger partial charge in [-0.3, -0.25) is 9.59 Å². The monoisotopic (exact) mass is 414 g/mol. The minimum Gasteiger partial charge on any atom is -0.491 e. The Morgan fingerprint density at radius 1 is 1.30 bits per heavy atom. The van der Waals surface area contributed by atoms with Crippen LogP contribution in [0, 0.1) is 11.6 Å². The highest BCUT2D eigenvalue weighted by Crippen LogP contribution is 2.40. The van der Waals surface area contributed by atoms with Crippen LogP contribution in [0.25, 0.3) is 10.9 Å². The number of hydrogen-bond donors (Lipinski definition) is 2. The molecule has 0 saturated heterocycles. The second kappa shape index (κ2) is 7.87. The fourth-order valence-corrected chi connectivity index (χ4v) is 3.57. The van der Waals surface area contributed by atoms with Crippen LogP contribution in [0.5, 0.6) is 5.75 Å². The Hall–Kier alpha value is -3.26. The first-order valence-electron chi connectivity index (χ1n) is 9.53. The van der Waals surface area contributed by atoms with Gasteiger partial charge in [-0.15, -0.1) is 0 Å². The topological polar surface area (TPSA) is 80.6 Å². The smallest absolute Gasteiger partial charge is 0.257 e. The maximum Gasteiger partial charge on any atom is 0.257 e. The van der Waals surface area contributed by atoms with Gasteiger partial charge in [0, 0.05) is 12.2 Å². The van der Waals surface area contributed by atoms with Crippen molar-refractivity contribution < 1.29 is 23.4 Å². The summed E-state index contributed by atoms with van der Waals surface area (Å²) < 4.78 is 35.0. The van der Waals surface area contributed by atoms with Gasteiger partial charge in [0.1, 0.15) is 5.56 Å². The molecule has 0 spiro atoms. The van der Waals surface area contributed by atoms with Crippen molar-refractivity contribution in [3.05, 3.63) is 75.6 Å². The molecule has 1 aliphatic rings. The van der Waals surface area contributed by atoms with Gasteiger partial charge >= 0.3 is 0 Å². The Morgan fingerprint density at radius 2 is 2.00 bits per heavy atom. The normalized spacial score (nSPS) is 14.5. The second-order valence-corrected chi connectivity index (χ2v) is 7.23. The Kier molecular flexibility index (Phi) is 5.26. The summed E-state index contributed by atoms with van der Waals surface area (Å²) in [5.41, 5.74) is -0.146. The fraction of sp³-hybridized carbons (Fsp3) is 0.273. The van der Waals surface area contributed by atoms with Crippen molar-refractivity contribution in [1.82, 2.24) is 9.88 Å². The van der Waals surface area contributed by atoms with Crippen LogP contribution >= 0.6 is 0 Å². The molecule has 0 radical (unpaired) electrons. The van der Waals surface area contributed by atoms with Gasteiger partial charge in [0.05, 0.1) is 30.7 Å². The SMILES string of the molecule is COc1c(F)c(F)cc2c(=O)c(C(=O)NC(CO)c3ccccc3)cn(C3CC3)c12. The Balaban J connectivity index is 1.84. The molecule has 1 unspecified atom stereocenters. The first-order chi connectivity index (χ1) is 14.5. The first kappa shape index (κ1) is 20.0. The number of ether oxygens (including phenoxy) is 1. The zero-order valence-corrected chi connectivity index (χ0v) is 16.2. The number of pyridine rings is 1. The number of fused-ring (bicyclic) bond motifs is 1. The van der Waals surface area contributed by atoms with Gasteiger partial charge in [-0.25, -0.2) is 4.39 Å². The molecule has 1 aromatic heterocycles. The lowest BCUT2D eigenvalue weighted by molar-refractivity contribution is 0.0914. The van der Waals surface area contributed by atoms with E-state index in [0.29, 0.717) is 5.56 Å². The minimum atomic E-state index is -1.23. The highest BCUT2D eigenvalue weighted by molar-refractivity contribution is 5.98. The summed E-state index contributed by atoms with van der Waals surface area (Å²) in [5.74, 6) is -3.48. The molecule has 3 aromatic rings. The van der Waals surface area contributed by atoms with Crippen molar-refractivity contribution in [2.75, 3.05) is 13.7 Å². The predicted molar refractivity (Wildman–Crippen MR) is 107 cm³/mol. The maximum atomic E-state index is 14.3. The molecule has 8 heteroatoms. The first-order valence-corrected chi connectivity index (χ1v) is 9.53. The van der Waals surface area contributed by atoms with Crippen molar-refractivity contribution in [2.24, 2.45) is 0 Å². The maximum absolute atomic E-state index is 14.3. The number of nitrogens with one attached hydrogen (secondary N) is 1. The van der Waals surface area contributed by atoms with Gasteiger partial charge in [-0.2, -0.15) is 4.39 Å². The molecule has 2 aromatic carbocycles. The van der Waals surface area contributed by atoms with Crippen molar-refractivity contribution in [2.45, 2.75) is 24.9 Å². The van der Waals surface area contributed by atoms with Crippen LogP contribution in [0.1, 0.15) is 40.8 Å². The zero-order valence-electron chi connectivity index (χ0n) is 16.2. The summed E-state index contributed by atoms with van der Waals surface area (Å²) >= 11 is 0. The standard InChI is InChI=1S/C22H20F2N2O4/c1-30-21-18(24)16(23)9-14-19(21)26(13-7-8-13)10-15(20(14)28)22(29)25-17(11-27)12-5-3-2-4-6-12/h2-6,9-10,13,17,27H,7-8,11H2,1H3,(H,25,29). The number of aromatic nitrogens is 1. The molecule has 1 heterocycles. The van der Waals surface area contributed by atoms with Crippen molar-refractivity contribution in [3.8, 4) is 5.75 Å².